The van der Waals surface area contributed by atoms with Crippen molar-refractivity contribution < 1.29 is 9.47 Å². The van der Waals surface area contributed by atoms with Crippen molar-refractivity contribution in [2.45, 2.75) is 0 Å². The van der Waals surface area contributed by atoms with Gasteiger partial charge >= 0.3 is 0 Å². The molecule has 1 aromatic heterocycles. The minimum atomic E-state index is 0.530. The maximum atomic E-state index is 5.81. The number of hydrogen-bond acceptors (Lipinski definition) is 4. The van der Waals surface area contributed by atoms with E-state index in [1.807, 2.05) is 12.1 Å². The van der Waals surface area contributed by atoms with Crippen molar-refractivity contribution >= 4 is 21.7 Å². The van der Waals surface area contributed by atoms with Crippen LogP contribution in [0.25, 0.3) is 11.1 Å². The molecule has 0 aliphatic carbocycles. The zero-order valence-electron chi connectivity index (χ0n) is 8.87. The van der Waals surface area contributed by atoms with Crippen LogP contribution >= 0.6 is 15.9 Å². The Morgan fingerprint density at radius 3 is 2.53 bits per heavy atom. The Labute approximate surface area is 106 Å². The molecule has 1 aromatic carbocycles. The van der Waals surface area contributed by atoms with Crippen LogP contribution in [0.5, 0.6) is 11.5 Å². The van der Waals surface area contributed by atoms with Crippen LogP contribution in [0.3, 0.4) is 0 Å². The average Bonchev–Trinajstić information content (AvgIpc) is 2.74. The highest BCUT2D eigenvalue weighted by Gasteiger charge is 2.17. The molecule has 0 amide bonds. The van der Waals surface area contributed by atoms with Crippen LogP contribution in [0.1, 0.15) is 0 Å². The highest BCUT2D eigenvalue weighted by molar-refractivity contribution is 9.10. The summed E-state index contributed by atoms with van der Waals surface area (Å²) in [4.78, 5) is 0. The molecule has 0 bridgehead atoms. The smallest absolute Gasteiger partial charge is 0.162 e. The number of nitrogens with zero attached hydrogens (tertiary/aromatic N) is 1. The van der Waals surface area contributed by atoms with Crippen LogP contribution in [0.2, 0.25) is 0 Å². The van der Waals surface area contributed by atoms with Gasteiger partial charge in [0.2, 0.25) is 0 Å². The van der Waals surface area contributed by atoms with Crippen molar-refractivity contribution in [2.75, 3.05) is 18.9 Å². The second-order valence-corrected chi connectivity index (χ2v) is 4.53. The first-order valence-electron chi connectivity index (χ1n) is 5.14. The molecule has 0 saturated heterocycles. The van der Waals surface area contributed by atoms with Crippen LogP contribution in [0.15, 0.2) is 22.8 Å². The van der Waals surface area contributed by atoms with E-state index < -0.39 is 0 Å². The second kappa shape index (κ2) is 3.96. The predicted molar refractivity (Wildman–Crippen MR) is 67.1 cm³/mol. The van der Waals surface area contributed by atoms with Crippen LogP contribution in [-0.2, 0) is 0 Å². The molecule has 6 heteroatoms. The molecule has 0 unspecified atom stereocenters. The summed E-state index contributed by atoms with van der Waals surface area (Å²) in [5.74, 6) is 2.01. The number of anilines is 1. The first-order valence-corrected chi connectivity index (χ1v) is 5.93. The van der Waals surface area contributed by atoms with Crippen LogP contribution in [0, 0.1) is 0 Å². The van der Waals surface area contributed by atoms with Gasteiger partial charge in [0.15, 0.2) is 11.5 Å². The van der Waals surface area contributed by atoms with E-state index >= 15 is 0 Å². The van der Waals surface area contributed by atoms with E-state index in [1.165, 1.54) is 0 Å². The van der Waals surface area contributed by atoms with Crippen molar-refractivity contribution in [3.8, 4) is 22.6 Å². The lowest BCUT2D eigenvalue weighted by atomic mass is 10.1. The van der Waals surface area contributed by atoms with Crippen molar-refractivity contribution in [3.05, 3.63) is 22.8 Å². The monoisotopic (exact) mass is 295 g/mol. The summed E-state index contributed by atoms with van der Waals surface area (Å²) >= 11 is 3.50. The molecule has 0 radical (unpaired) electrons. The van der Waals surface area contributed by atoms with Gasteiger partial charge in [0.1, 0.15) is 19.0 Å². The van der Waals surface area contributed by atoms with Gasteiger partial charge in [-0.25, -0.2) is 0 Å². The molecule has 17 heavy (non-hydrogen) atoms. The normalized spacial score (nSPS) is 13.7. The summed E-state index contributed by atoms with van der Waals surface area (Å²) in [5.41, 5.74) is 7.58. The van der Waals surface area contributed by atoms with Gasteiger partial charge < -0.3 is 15.2 Å². The highest BCUT2D eigenvalue weighted by atomic mass is 79.9. The number of ether oxygens (including phenoxy) is 2. The predicted octanol–water partition coefficient (Wildman–Crippen LogP) is 2.19. The molecule has 2 heterocycles. The number of halogens is 1. The molecule has 0 spiro atoms. The summed E-state index contributed by atoms with van der Waals surface area (Å²) in [5, 5.41) is 6.62. The van der Waals surface area contributed by atoms with E-state index in [2.05, 4.69) is 26.1 Å². The maximum absolute atomic E-state index is 5.81. The maximum Gasteiger partial charge on any atom is 0.162 e. The number of nitrogen functional groups attached to an aromatic ring is 1. The number of nitrogens with one attached hydrogen (secondary N) is 1. The highest BCUT2D eigenvalue weighted by Crippen LogP contribution is 2.40. The third-order valence-electron chi connectivity index (χ3n) is 2.59. The number of fused-ring (bicyclic) bond motifs is 1. The fourth-order valence-corrected chi connectivity index (χ4v) is 2.32. The van der Waals surface area contributed by atoms with E-state index in [-0.39, 0.29) is 0 Å². The van der Waals surface area contributed by atoms with E-state index in [1.54, 1.807) is 6.20 Å². The Kier molecular flexibility index (Phi) is 2.44. The van der Waals surface area contributed by atoms with Gasteiger partial charge in [-0.3, -0.25) is 5.10 Å². The van der Waals surface area contributed by atoms with Crippen LogP contribution in [-0.4, -0.2) is 23.4 Å². The quantitative estimate of drug-likeness (QED) is 0.846. The topological polar surface area (TPSA) is 73.2 Å². The summed E-state index contributed by atoms with van der Waals surface area (Å²) < 4.78 is 11.9. The molecule has 5 nitrogen and oxygen atoms in total. The Morgan fingerprint density at radius 1 is 1.18 bits per heavy atom. The van der Waals surface area contributed by atoms with Crippen LogP contribution < -0.4 is 15.2 Å². The minimum Gasteiger partial charge on any atom is -0.486 e. The molecular formula is C11H10BrN3O2. The van der Waals surface area contributed by atoms with Gasteiger partial charge in [-0.05, 0) is 12.1 Å². The largest absolute Gasteiger partial charge is 0.486 e. The Bertz CT molecular complexity index is 568. The number of nitrogens with two attached hydrogens (primary N) is 1. The molecule has 0 atom stereocenters. The van der Waals surface area contributed by atoms with Crippen molar-refractivity contribution in [2.24, 2.45) is 0 Å². The summed E-state index contributed by atoms with van der Waals surface area (Å²) in [6.07, 6.45) is 1.69. The summed E-state index contributed by atoms with van der Waals surface area (Å²) in [6.45, 7) is 1.14. The Morgan fingerprint density at radius 2 is 1.88 bits per heavy atom. The molecule has 3 rings (SSSR count). The van der Waals surface area contributed by atoms with Gasteiger partial charge in [0.05, 0.1) is 6.20 Å². The van der Waals surface area contributed by atoms with Crippen molar-refractivity contribution in [3.63, 3.8) is 0 Å². The third kappa shape index (κ3) is 1.74. The number of rotatable bonds is 1. The molecule has 1 aliphatic heterocycles. The summed E-state index contributed by atoms with van der Waals surface area (Å²) in [7, 11) is 0. The number of aromatic nitrogens is 2. The molecular weight excluding hydrogens is 286 g/mol. The van der Waals surface area contributed by atoms with Crippen LogP contribution in [0.4, 0.5) is 5.82 Å². The lowest BCUT2D eigenvalue weighted by Gasteiger charge is -2.19. The van der Waals surface area contributed by atoms with Crippen molar-refractivity contribution in [1.29, 1.82) is 0 Å². The Balaban J connectivity index is 2.15. The molecule has 88 valence electrons. The first-order chi connectivity index (χ1) is 8.25. The number of aromatic amines is 1. The number of hydrogen-bond donors (Lipinski definition) is 2. The van der Waals surface area contributed by atoms with Gasteiger partial charge in [-0.1, -0.05) is 15.9 Å². The summed E-state index contributed by atoms with van der Waals surface area (Å²) in [6, 6.07) is 3.79. The van der Waals surface area contributed by atoms with E-state index in [0.717, 1.165) is 27.1 Å². The first kappa shape index (κ1) is 10.5. The molecule has 0 fully saturated rings. The van der Waals surface area contributed by atoms with Gasteiger partial charge in [-0.15, -0.1) is 0 Å². The van der Waals surface area contributed by atoms with E-state index in [0.29, 0.717) is 19.0 Å². The fraction of sp³-hybridized carbons (Fsp3) is 0.182. The zero-order chi connectivity index (χ0) is 11.8. The van der Waals surface area contributed by atoms with Gasteiger partial charge in [0.25, 0.3) is 0 Å². The average molecular weight is 296 g/mol. The number of benzene rings is 1. The van der Waals surface area contributed by atoms with E-state index in [9.17, 15) is 0 Å². The third-order valence-corrected chi connectivity index (χ3v) is 3.25. The van der Waals surface area contributed by atoms with Gasteiger partial charge in [-0.2, -0.15) is 5.10 Å². The molecule has 0 saturated carbocycles. The standard InChI is InChI=1S/C11H10BrN3O2/c12-8-4-10-9(16-1-2-17-10)3-6(8)7-5-14-15-11(7)13/h3-5H,1-2H2,(H3,13,14,15). The van der Waals surface area contributed by atoms with Crippen molar-refractivity contribution in [1.82, 2.24) is 10.2 Å². The van der Waals surface area contributed by atoms with E-state index in [4.69, 9.17) is 15.2 Å². The lowest BCUT2D eigenvalue weighted by molar-refractivity contribution is 0.171. The van der Waals surface area contributed by atoms with Gasteiger partial charge in [0, 0.05) is 15.6 Å². The molecule has 2 aromatic rings. The second-order valence-electron chi connectivity index (χ2n) is 3.67. The fourth-order valence-electron chi connectivity index (χ4n) is 1.78. The minimum absolute atomic E-state index is 0.530. The number of H-pyrrole nitrogens is 1. The lowest BCUT2D eigenvalue weighted by Crippen LogP contribution is -2.15. The SMILES string of the molecule is Nc1[nH]ncc1-c1cc2c(cc1Br)OCCO2. The Hall–Kier alpha value is -1.69. The molecule has 1 aliphatic rings. The molecule has 3 N–H and O–H groups in total. The zero-order valence-corrected chi connectivity index (χ0v) is 10.5.